The molecule has 0 aliphatic heterocycles. The molecular formula is C18H15FN2O2. The maximum Gasteiger partial charge on any atom is 0.237 e. The van der Waals surface area contributed by atoms with Crippen molar-refractivity contribution >= 4 is 0 Å². The number of nitrogens with zero attached hydrogens (tertiary/aromatic N) is 2. The molecule has 1 fully saturated rings. The molecule has 0 amide bonds. The SMILES string of the molecule is Cc1cccc(C2(c3nc(-c4ccc(O)cc4F)no3)CC2)c1. The standard InChI is InChI=1S/C18H15FN2O2/c1-11-3-2-4-12(9-11)18(7-8-18)17-20-16(21-23-17)14-6-5-13(22)10-15(14)19/h2-6,9-10,22H,7-8H2,1H3. The van der Waals surface area contributed by atoms with E-state index in [0.717, 1.165) is 24.5 Å². The summed E-state index contributed by atoms with van der Waals surface area (Å²) >= 11 is 0. The van der Waals surface area contributed by atoms with Crippen molar-refractivity contribution in [2.45, 2.75) is 25.2 Å². The lowest BCUT2D eigenvalue weighted by Gasteiger charge is -2.11. The van der Waals surface area contributed by atoms with Crippen LogP contribution in [0.3, 0.4) is 0 Å². The van der Waals surface area contributed by atoms with Gasteiger partial charge in [-0.15, -0.1) is 0 Å². The highest BCUT2D eigenvalue weighted by Crippen LogP contribution is 2.53. The Bertz CT molecular complexity index is 884. The Morgan fingerprint density at radius 3 is 2.70 bits per heavy atom. The third-order valence-electron chi connectivity index (χ3n) is 4.35. The first kappa shape index (κ1) is 13.9. The van der Waals surface area contributed by atoms with E-state index >= 15 is 0 Å². The molecule has 0 atom stereocenters. The Morgan fingerprint density at radius 1 is 1.17 bits per heavy atom. The topological polar surface area (TPSA) is 59.2 Å². The number of aromatic nitrogens is 2. The lowest BCUT2D eigenvalue weighted by atomic mass is 9.94. The van der Waals surface area contributed by atoms with Gasteiger partial charge in [-0.2, -0.15) is 4.98 Å². The predicted octanol–water partition coefficient (Wildman–Crippen LogP) is 3.97. The number of phenolic OH excluding ortho intramolecular Hbond substituents is 1. The number of rotatable bonds is 3. The van der Waals surface area contributed by atoms with E-state index in [0.29, 0.717) is 5.89 Å². The Balaban J connectivity index is 1.73. The normalized spacial score (nSPS) is 15.6. The Kier molecular flexibility index (Phi) is 2.98. The van der Waals surface area contributed by atoms with Gasteiger partial charge >= 0.3 is 0 Å². The van der Waals surface area contributed by atoms with Gasteiger partial charge in [0, 0.05) is 6.07 Å². The van der Waals surface area contributed by atoms with Gasteiger partial charge in [-0.05, 0) is 37.5 Å². The highest BCUT2D eigenvalue weighted by Gasteiger charge is 2.51. The van der Waals surface area contributed by atoms with Crippen molar-refractivity contribution in [3.05, 3.63) is 65.3 Å². The smallest absolute Gasteiger partial charge is 0.237 e. The number of aromatic hydroxyl groups is 1. The van der Waals surface area contributed by atoms with Crippen LogP contribution in [-0.2, 0) is 5.41 Å². The molecule has 1 heterocycles. The van der Waals surface area contributed by atoms with Crippen molar-refractivity contribution < 1.29 is 14.0 Å². The molecule has 1 aromatic heterocycles. The van der Waals surface area contributed by atoms with Crippen LogP contribution in [-0.4, -0.2) is 15.2 Å². The Morgan fingerprint density at radius 2 is 2.00 bits per heavy atom. The number of hydrogen-bond donors (Lipinski definition) is 1. The molecule has 0 spiro atoms. The second-order valence-electron chi connectivity index (χ2n) is 6.04. The van der Waals surface area contributed by atoms with E-state index in [1.807, 2.05) is 19.1 Å². The van der Waals surface area contributed by atoms with E-state index in [1.54, 1.807) is 0 Å². The first-order valence-corrected chi connectivity index (χ1v) is 7.49. The molecule has 2 aromatic carbocycles. The van der Waals surface area contributed by atoms with E-state index in [9.17, 15) is 9.50 Å². The van der Waals surface area contributed by atoms with Gasteiger partial charge in [0.2, 0.25) is 11.7 Å². The van der Waals surface area contributed by atoms with Crippen molar-refractivity contribution in [2.75, 3.05) is 0 Å². The fourth-order valence-corrected chi connectivity index (χ4v) is 2.91. The molecule has 0 unspecified atom stereocenters. The zero-order chi connectivity index (χ0) is 16.0. The molecule has 4 rings (SSSR count). The van der Waals surface area contributed by atoms with Crippen molar-refractivity contribution in [2.24, 2.45) is 0 Å². The fourth-order valence-electron chi connectivity index (χ4n) is 2.91. The second kappa shape index (κ2) is 4.91. The van der Waals surface area contributed by atoms with Gasteiger partial charge in [0.15, 0.2) is 0 Å². The van der Waals surface area contributed by atoms with Gasteiger partial charge in [0.1, 0.15) is 11.6 Å². The molecule has 0 bridgehead atoms. The van der Waals surface area contributed by atoms with Crippen LogP contribution in [0.15, 0.2) is 47.0 Å². The minimum absolute atomic E-state index is 0.131. The summed E-state index contributed by atoms with van der Waals surface area (Å²) in [6.07, 6.45) is 1.88. The second-order valence-corrected chi connectivity index (χ2v) is 6.04. The molecule has 23 heavy (non-hydrogen) atoms. The predicted molar refractivity (Wildman–Crippen MR) is 82.5 cm³/mol. The van der Waals surface area contributed by atoms with Crippen molar-refractivity contribution in [3.63, 3.8) is 0 Å². The highest BCUT2D eigenvalue weighted by atomic mass is 19.1. The van der Waals surface area contributed by atoms with Crippen molar-refractivity contribution in [1.29, 1.82) is 0 Å². The number of benzene rings is 2. The third-order valence-corrected chi connectivity index (χ3v) is 4.35. The van der Waals surface area contributed by atoms with Crippen molar-refractivity contribution in [3.8, 4) is 17.1 Å². The Labute approximate surface area is 132 Å². The van der Waals surface area contributed by atoms with E-state index in [2.05, 4.69) is 22.3 Å². The molecule has 1 N–H and O–H groups in total. The molecule has 4 nitrogen and oxygen atoms in total. The van der Waals surface area contributed by atoms with Crippen LogP contribution in [0.4, 0.5) is 4.39 Å². The molecule has 1 aliphatic carbocycles. The lowest BCUT2D eigenvalue weighted by Crippen LogP contribution is -2.09. The zero-order valence-electron chi connectivity index (χ0n) is 12.6. The van der Waals surface area contributed by atoms with Gasteiger partial charge in [0.25, 0.3) is 0 Å². The number of phenols is 1. The molecule has 116 valence electrons. The van der Waals surface area contributed by atoms with Crippen molar-refractivity contribution in [1.82, 2.24) is 10.1 Å². The third kappa shape index (κ3) is 2.29. The lowest BCUT2D eigenvalue weighted by molar-refractivity contribution is 0.360. The average molecular weight is 310 g/mol. The quantitative estimate of drug-likeness (QED) is 0.795. The minimum atomic E-state index is -0.572. The average Bonchev–Trinajstić information content (AvgIpc) is 3.19. The van der Waals surface area contributed by atoms with Crippen LogP contribution in [0, 0.1) is 12.7 Å². The molecule has 1 saturated carbocycles. The summed E-state index contributed by atoms with van der Waals surface area (Å²) in [6, 6.07) is 12.1. The fraction of sp³-hybridized carbons (Fsp3) is 0.222. The summed E-state index contributed by atoms with van der Waals surface area (Å²) < 4.78 is 19.4. The van der Waals surface area contributed by atoms with E-state index in [-0.39, 0.29) is 22.6 Å². The summed E-state index contributed by atoms with van der Waals surface area (Å²) in [7, 11) is 0. The van der Waals surface area contributed by atoms with E-state index in [1.165, 1.54) is 17.7 Å². The maximum absolute atomic E-state index is 14.0. The van der Waals surface area contributed by atoms with Gasteiger partial charge in [0.05, 0.1) is 11.0 Å². The molecular weight excluding hydrogens is 295 g/mol. The van der Waals surface area contributed by atoms with Gasteiger partial charge in [-0.3, -0.25) is 0 Å². The largest absolute Gasteiger partial charge is 0.508 e. The van der Waals surface area contributed by atoms with Crippen LogP contribution in [0.25, 0.3) is 11.4 Å². The molecule has 1 aliphatic rings. The van der Waals surface area contributed by atoms with Gasteiger partial charge in [-0.1, -0.05) is 35.0 Å². The first-order chi connectivity index (χ1) is 11.1. The van der Waals surface area contributed by atoms with Gasteiger partial charge < -0.3 is 9.63 Å². The molecule has 3 aromatic rings. The van der Waals surface area contributed by atoms with Gasteiger partial charge in [-0.25, -0.2) is 4.39 Å². The molecule has 0 saturated heterocycles. The van der Waals surface area contributed by atoms with Crippen LogP contribution in [0.2, 0.25) is 0 Å². The number of halogens is 1. The molecule has 0 radical (unpaired) electrons. The minimum Gasteiger partial charge on any atom is -0.508 e. The highest BCUT2D eigenvalue weighted by molar-refractivity contribution is 5.57. The van der Waals surface area contributed by atoms with Crippen LogP contribution in [0.1, 0.15) is 29.9 Å². The zero-order valence-corrected chi connectivity index (χ0v) is 12.6. The summed E-state index contributed by atoms with van der Waals surface area (Å²) in [6.45, 7) is 2.05. The van der Waals surface area contributed by atoms with Crippen LogP contribution < -0.4 is 0 Å². The summed E-state index contributed by atoms with van der Waals surface area (Å²) in [5.74, 6) is 0.0214. The summed E-state index contributed by atoms with van der Waals surface area (Å²) in [5, 5.41) is 13.2. The Hall–Kier alpha value is -2.69. The number of hydrogen-bond acceptors (Lipinski definition) is 4. The van der Waals surface area contributed by atoms with E-state index < -0.39 is 5.82 Å². The monoisotopic (exact) mass is 310 g/mol. The summed E-state index contributed by atoms with van der Waals surface area (Å²) in [5.41, 5.74) is 2.31. The summed E-state index contributed by atoms with van der Waals surface area (Å²) in [4.78, 5) is 4.41. The number of aryl methyl sites for hydroxylation is 1. The van der Waals surface area contributed by atoms with Crippen LogP contribution >= 0.6 is 0 Å². The first-order valence-electron chi connectivity index (χ1n) is 7.49. The van der Waals surface area contributed by atoms with Crippen LogP contribution in [0.5, 0.6) is 5.75 Å². The van der Waals surface area contributed by atoms with E-state index in [4.69, 9.17) is 4.52 Å². The maximum atomic E-state index is 14.0. The molecule has 5 heteroatoms.